The minimum absolute atomic E-state index is 0.743. The maximum Gasteiger partial charge on any atom is 0.128 e. The highest BCUT2D eigenvalue weighted by Gasteiger charge is 2.01. The molecule has 0 aromatic carbocycles. The van der Waals surface area contributed by atoms with E-state index in [1.54, 1.807) is 11.3 Å². The predicted octanol–water partition coefficient (Wildman–Crippen LogP) is 2.40. The van der Waals surface area contributed by atoms with Crippen molar-refractivity contribution in [3.8, 4) is 0 Å². The first-order valence-electron chi connectivity index (χ1n) is 5.36. The number of nitrogens with two attached hydrogens (primary N) is 1. The van der Waals surface area contributed by atoms with Crippen molar-refractivity contribution >= 4 is 28.5 Å². The van der Waals surface area contributed by atoms with E-state index in [0.717, 1.165) is 28.6 Å². The Morgan fingerprint density at radius 1 is 1.35 bits per heavy atom. The van der Waals surface area contributed by atoms with E-state index in [4.69, 9.17) is 5.73 Å². The number of thiophene rings is 1. The van der Waals surface area contributed by atoms with Gasteiger partial charge in [0.1, 0.15) is 5.82 Å². The van der Waals surface area contributed by atoms with Gasteiger partial charge in [-0.15, -0.1) is 11.3 Å². The summed E-state index contributed by atoms with van der Waals surface area (Å²) in [7, 11) is 3.95. The number of pyridine rings is 1. The SMILES string of the molecule is CN(C)c1ccc(NCc2sccc2N)cn1. The zero-order valence-corrected chi connectivity index (χ0v) is 10.8. The quantitative estimate of drug-likeness (QED) is 0.872. The van der Waals surface area contributed by atoms with E-state index < -0.39 is 0 Å². The zero-order chi connectivity index (χ0) is 12.3. The van der Waals surface area contributed by atoms with Gasteiger partial charge in [-0.05, 0) is 23.6 Å². The van der Waals surface area contributed by atoms with Crippen LogP contribution in [0.15, 0.2) is 29.8 Å². The zero-order valence-electron chi connectivity index (χ0n) is 9.97. The molecular formula is C12H16N4S. The van der Waals surface area contributed by atoms with E-state index in [1.807, 2.05) is 48.8 Å². The maximum atomic E-state index is 5.82. The number of hydrogen-bond donors (Lipinski definition) is 2. The van der Waals surface area contributed by atoms with Crippen LogP contribution in [0.1, 0.15) is 4.88 Å². The van der Waals surface area contributed by atoms with Crippen molar-refractivity contribution in [1.82, 2.24) is 4.98 Å². The normalized spacial score (nSPS) is 10.2. The van der Waals surface area contributed by atoms with Crippen LogP contribution >= 0.6 is 11.3 Å². The van der Waals surface area contributed by atoms with Crippen LogP contribution in [0.2, 0.25) is 0 Å². The molecule has 2 heterocycles. The highest BCUT2D eigenvalue weighted by molar-refractivity contribution is 7.10. The van der Waals surface area contributed by atoms with E-state index in [9.17, 15) is 0 Å². The first-order chi connectivity index (χ1) is 8.16. The molecule has 2 rings (SSSR count). The summed E-state index contributed by atoms with van der Waals surface area (Å²) in [4.78, 5) is 7.46. The molecule has 0 saturated heterocycles. The number of anilines is 3. The minimum Gasteiger partial charge on any atom is -0.398 e. The standard InChI is InChI=1S/C12H16N4S/c1-16(2)12-4-3-9(7-15-12)14-8-11-10(13)5-6-17-11/h3-7,14H,8,13H2,1-2H3. The number of rotatable bonds is 4. The lowest BCUT2D eigenvalue weighted by Gasteiger charge is -2.12. The second-order valence-electron chi connectivity index (χ2n) is 3.95. The lowest BCUT2D eigenvalue weighted by molar-refractivity contribution is 1.06. The van der Waals surface area contributed by atoms with E-state index in [2.05, 4.69) is 10.3 Å². The van der Waals surface area contributed by atoms with Gasteiger partial charge < -0.3 is 16.0 Å². The van der Waals surface area contributed by atoms with Gasteiger partial charge in [-0.25, -0.2) is 4.98 Å². The van der Waals surface area contributed by atoms with Gasteiger partial charge in [0, 0.05) is 24.7 Å². The van der Waals surface area contributed by atoms with Gasteiger partial charge >= 0.3 is 0 Å². The third-order valence-corrected chi connectivity index (χ3v) is 3.38. The van der Waals surface area contributed by atoms with Crippen LogP contribution in [0.5, 0.6) is 0 Å². The highest BCUT2D eigenvalue weighted by Crippen LogP contribution is 2.20. The molecule has 0 spiro atoms. The molecule has 90 valence electrons. The van der Waals surface area contributed by atoms with Gasteiger partial charge in [0.2, 0.25) is 0 Å². The third-order valence-electron chi connectivity index (χ3n) is 2.44. The number of aromatic nitrogens is 1. The van der Waals surface area contributed by atoms with Gasteiger partial charge in [0.05, 0.1) is 18.4 Å². The van der Waals surface area contributed by atoms with Crippen molar-refractivity contribution in [3.63, 3.8) is 0 Å². The van der Waals surface area contributed by atoms with E-state index in [-0.39, 0.29) is 0 Å². The molecule has 0 amide bonds. The van der Waals surface area contributed by atoms with Crippen molar-refractivity contribution in [3.05, 3.63) is 34.7 Å². The Labute approximate surface area is 105 Å². The Morgan fingerprint density at radius 2 is 2.18 bits per heavy atom. The Balaban J connectivity index is 1.98. The molecule has 0 fully saturated rings. The van der Waals surface area contributed by atoms with Gasteiger partial charge in [-0.1, -0.05) is 0 Å². The minimum atomic E-state index is 0.743. The smallest absolute Gasteiger partial charge is 0.128 e. The van der Waals surface area contributed by atoms with E-state index >= 15 is 0 Å². The van der Waals surface area contributed by atoms with Crippen LogP contribution in [0.25, 0.3) is 0 Å². The molecule has 0 radical (unpaired) electrons. The lowest BCUT2D eigenvalue weighted by atomic mass is 10.3. The second-order valence-corrected chi connectivity index (χ2v) is 4.95. The molecule has 0 unspecified atom stereocenters. The highest BCUT2D eigenvalue weighted by atomic mass is 32.1. The third kappa shape index (κ3) is 2.88. The molecule has 2 aromatic rings. The number of nitrogen functional groups attached to an aromatic ring is 1. The van der Waals surface area contributed by atoms with Crippen LogP contribution in [-0.4, -0.2) is 19.1 Å². The summed E-state index contributed by atoms with van der Waals surface area (Å²) in [6.45, 7) is 0.743. The maximum absolute atomic E-state index is 5.82. The summed E-state index contributed by atoms with van der Waals surface area (Å²) < 4.78 is 0. The van der Waals surface area contributed by atoms with Crippen molar-refractivity contribution in [2.75, 3.05) is 30.0 Å². The molecule has 0 aliphatic rings. The Bertz CT molecular complexity index is 476. The summed E-state index contributed by atoms with van der Waals surface area (Å²) in [5.41, 5.74) is 7.67. The fourth-order valence-electron chi connectivity index (χ4n) is 1.43. The largest absolute Gasteiger partial charge is 0.398 e. The van der Waals surface area contributed by atoms with Gasteiger partial charge in [-0.3, -0.25) is 0 Å². The van der Waals surface area contributed by atoms with Crippen molar-refractivity contribution in [2.45, 2.75) is 6.54 Å². The first kappa shape index (κ1) is 11.7. The average Bonchev–Trinajstić information content (AvgIpc) is 2.73. The molecule has 2 aromatic heterocycles. The molecule has 0 saturated carbocycles. The van der Waals surface area contributed by atoms with Crippen molar-refractivity contribution in [2.24, 2.45) is 0 Å². The Hall–Kier alpha value is -1.75. The summed E-state index contributed by atoms with van der Waals surface area (Å²) in [5, 5.41) is 5.30. The number of nitrogens with one attached hydrogen (secondary N) is 1. The molecule has 0 aliphatic carbocycles. The first-order valence-corrected chi connectivity index (χ1v) is 6.24. The summed E-state index contributed by atoms with van der Waals surface area (Å²) in [5.74, 6) is 0.950. The fourth-order valence-corrected chi connectivity index (χ4v) is 2.17. The monoisotopic (exact) mass is 248 g/mol. The molecular weight excluding hydrogens is 232 g/mol. The molecule has 4 nitrogen and oxygen atoms in total. The molecule has 3 N–H and O–H groups in total. The predicted molar refractivity (Wildman–Crippen MR) is 74.6 cm³/mol. The topological polar surface area (TPSA) is 54.2 Å². The van der Waals surface area contributed by atoms with Crippen LogP contribution < -0.4 is 16.0 Å². The summed E-state index contributed by atoms with van der Waals surface area (Å²) >= 11 is 1.66. The summed E-state index contributed by atoms with van der Waals surface area (Å²) in [6, 6.07) is 5.93. The van der Waals surface area contributed by atoms with Gasteiger partial charge in [-0.2, -0.15) is 0 Å². The molecule has 0 aliphatic heterocycles. The van der Waals surface area contributed by atoms with Crippen LogP contribution in [0.4, 0.5) is 17.2 Å². The average molecular weight is 248 g/mol. The second kappa shape index (κ2) is 5.05. The van der Waals surface area contributed by atoms with Crippen molar-refractivity contribution < 1.29 is 0 Å². The van der Waals surface area contributed by atoms with E-state index in [1.165, 1.54) is 0 Å². The Kier molecular flexibility index (Phi) is 3.49. The van der Waals surface area contributed by atoms with Crippen LogP contribution in [0, 0.1) is 0 Å². The number of hydrogen-bond acceptors (Lipinski definition) is 5. The van der Waals surface area contributed by atoms with Crippen LogP contribution in [-0.2, 0) is 6.54 Å². The Morgan fingerprint density at radius 3 is 2.71 bits per heavy atom. The lowest BCUT2D eigenvalue weighted by Crippen LogP contribution is -2.10. The van der Waals surface area contributed by atoms with Gasteiger partial charge in [0.15, 0.2) is 0 Å². The summed E-state index contributed by atoms with van der Waals surface area (Å²) in [6.07, 6.45) is 1.83. The van der Waals surface area contributed by atoms with Gasteiger partial charge in [0.25, 0.3) is 0 Å². The fraction of sp³-hybridized carbons (Fsp3) is 0.250. The molecule has 0 bridgehead atoms. The van der Waals surface area contributed by atoms with E-state index in [0.29, 0.717) is 0 Å². The molecule has 0 atom stereocenters. The number of nitrogens with zero attached hydrogens (tertiary/aromatic N) is 2. The molecule has 17 heavy (non-hydrogen) atoms. The molecule has 5 heteroatoms. The van der Waals surface area contributed by atoms with Crippen LogP contribution in [0.3, 0.4) is 0 Å². The van der Waals surface area contributed by atoms with Crippen molar-refractivity contribution in [1.29, 1.82) is 0 Å².